The second-order valence-electron chi connectivity index (χ2n) is 5.70. The summed E-state index contributed by atoms with van der Waals surface area (Å²) in [6.45, 7) is 2.30. The van der Waals surface area contributed by atoms with Gasteiger partial charge in [-0.25, -0.2) is 0 Å². The molecule has 1 aliphatic carbocycles. The van der Waals surface area contributed by atoms with Gasteiger partial charge in [0.25, 0.3) is 0 Å². The van der Waals surface area contributed by atoms with E-state index in [1.54, 1.807) is 7.11 Å². The van der Waals surface area contributed by atoms with Gasteiger partial charge >= 0.3 is 0 Å². The van der Waals surface area contributed by atoms with E-state index in [1.165, 1.54) is 37.0 Å². The molecule has 20 heavy (non-hydrogen) atoms. The first kappa shape index (κ1) is 15.7. The van der Waals surface area contributed by atoms with Crippen molar-refractivity contribution in [1.82, 2.24) is 5.32 Å². The third-order valence-corrected chi connectivity index (χ3v) is 5.65. The van der Waals surface area contributed by atoms with E-state index in [2.05, 4.69) is 37.5 Å². The summed E-state index contributed by atoms with van der Waals surface area (Å²) in [6, 6.07) is 9.09. The molecule has 3 heteroatoms. The maximum Gasteiger partial charge on any atom is 0.119 e. The van der Waals surface area contributed by atoms with Gasteiger partial charge in [0, 0.05) is 16.2 Å². The largest absolute Gasteiger partial charge is 0.497 e. The first-order valence-corrected chi connectivity index (χ1v) is 8.62. The number of benzene rings is 1. The minimum atomic E-state index is 0.638. The van der Waals surface area contributed by atoms with Crippen LogP contribution in [-0.2, 0) is 0 Å². The van der Waals surface area contributed by atoms with Crippen molar-refractivity contribution in [3.05, 3.63) is 24.3 Å². The number of hydrogen-bond acceptors (Lipinski definition) is 3. The number of ether oxygens (including phenoxy) is 1. The summed E-state index contributed by atoms with van der Waals surface area (Å²) in [5.41, 5.74) is 0. The predicted molar refractivity (Wildman–Crippen MR) is 87.7 cm³/mol. The van der Waals surface area contributed by atoms with Crippen LogP contribution in [0.5, 0.6) is 5.75 Å². The molecule has 0 heterocycles. The molecule has 3 atom stereocenters. The molecule has 1 aliphatic rings. The van der Waals surface area contributed by atoms with Gasteiger partial charge in [0.05, 0.1) is 7.11 Å². The number of nitrogens with one attached hydrogen (secondary N) is 1. The molecule has 3 unspecified atom stereocenters. The molecule has 2 nitrogen and oxygen atoms in total. The van der Waals surface area contributed by atoms with Gasteiger partial charge in [0.15, 0.2) is 0 Å². The average molecular weight is 293 g/mol. The van der Waals surface area contributed by atoms with E-state index >= 15 is 0 Å². The lowest BCUT2D eigenvalue weighted by Crippen LogP contribution is -2.40. The van der Waals surface area contributed by atoms with Crippen molar-refractivity contribution < 1.29 is 4.74 Å². The van der Waals surface area contributed by atoms with Gasteiger partial charge < -0.3 is 10.1 Å². The Balaban J connectivity index is 2.02. The van der Waals surface area contributed by atoms with E-state index in [9.17, 15) is 0 Å². The lowest BCUT2D eigenvalue weighted by atomic mass is 9.83. The Morgan fingerprint density at radius 2 is 2.20 bits per heavy atom. The first-order valence-electron chi connectivity index (χ1n) is 7.74. The summed E-state index contributed by atoms with van der Waals surface area (Å²) < 4.78 is 5.33. The van der Waals surface area contributed by atoms with E-state index < -0.39 is 0 Å². The highest BCUT2D eigenvalue weighted by Gasteiger charge is 2.29. The molecule has 0 amide bonds. The summed E-state index contributed by atoms with van der Waals surface area (Å²) in [6.07, 6.45) is 6.72. The van der Waals surface area contributed by atoms with Crippen LogP contribution in [0.15, 0.2) is 29.2 Å². The van der Waals surface area contributed by atoms with Crippen LogP contribution in [0, 0.1) is 5.92 Å². The maximum atomic E-state index is 5.33. The van der Waals surface area contributed by atoms with Crippen LogP contribution in [-0.4, -0.2) is 25.4 Å². The van der Waals surface area contributed by atoms with Crippen LogP contribution >= 0.6 is 11.8 Å². The summed E-state index contributed by atoms with van der Waals surface area (Å²) in [5, 5.41) is 4.19. The Morgan fingerprint density at radius 3 is 2.90 bits per heavy atom. The molecule has 0 aromatic heterocycles. The first-order chi connectivity index (χ1) is 9.76. The molecule has 2 rings (SSSR count). The number of rotatable bonds is 6. The summed E-state index contributed by atoms with van der Waals surface area (Å²) in [4.78, 5) is 1.33. The van der Waals surface area contributed by atoms with E-state index in [-0.39, 0.29) is 0 Å². The van der Waals surface area contributed by atoms with Crippen LogP contribution < -0.4 is 10.1 Å². The van der Waals surface area contributed by atoms with Gasteiger partial charge in [-0.3, -0.25) is 0 Å². The molecule has 1 aromatic carbocycles. The lowest BCUT2D eigenvalue weighted by Gasteiger charge is -2.35. The SMILES string of the molecule is CCCC1CCC(NC)C(Sc2cccc(OC)c2)C1. The van der Waals surface area contributed by atoms with Gasteiger partial charge in [0.2, 0.25) is 0 Å². The maximum absolute atomic E-state index is 5.33. The average Bonchev–Trinajstić information content (AvgIpc) is 2.48. The quantitative estimate of drug-likeness (QED) is 0.843. The molecule has 0 aliphatic heterocycles. The van der Waals surface area contributed by atoms with Crippen LogP contribution in [0.2, 0.25) is 0 Å². The van der Waals surface area contributed by atoms with Crippen LogP contribution in [0.25, 0.3) is 0 Å². The van der Waals surface area contributed by atoms with Crippen molar-refractivity contribution in [3.8, 4) is 5.75 Å². The minimum absolute atomic E-state index is 0.638. The third-order valence-electron chi connectivity index (χ3n) is 4.30. The monoisotopic (exact) mass is 293 g/mol. The van der Waals surface area contributed by atoms with E-state index in [4.69, 9.17) is 4.74 Å². The van der Waals surface area contributed by atoms with Gasteiger partial charge in [-0.1, -0.05) is 25.8 Å². The fraction of sp³-hybridized carbons (Fsp3) is 0.647. The second-order valence-corrected chi connectivity index (χ2v) is 7.01. The lowest BCUT2D eigenvalue weighted by molar-refractivity contribution is 0.295. The van der Waals surface area contributed by atoms with Crippen molar-refractivity contribution in [1.29, 1.82) is 0 Å². The van der Waals surface area contributed by atoms with Crippen molar-refractivity contribution in [2.24, 2.45) is 5.92 Å². The Morgan fingerprint density at radius 1 is 1.35 bits per heavy atom. The highest BCUT2D eigenvalue weighted by molar-refractivity contribution is 8.00. The minimum Gasteiger partial charge on any atom is -0.497 e. The summed E-state index contributed by atoms with van der Waals surface area (Å²) in [7, 11) is 3.84. The van der Waals surface area contributed by atoms with Crippen molar-refractivity contribution >= 4 is 11.8 Å². The van der Waals surface area contributed by atoms with Gasteiger partial charge in [-0.2, -0.15) is 0 Å². The smallest absolute Gasteiger partial charge is 0.119 e. The molecular weight excluding hydrogens is 266 g/mol. The van der Waals surface area contributed by atoms with Crippen molar-refractivity contribution in [2.75, 3.05) is 14.2 Å². The highest BCUT2D eigenvalue weighted by Crippen LogP contribution is 2.38. The Labute approximate surface area is 127 Å². The zero-order chi connectivity index (χ0) is 14.4. The zero-order valence-electron chi connectivity index (χ0n) is 12.9. The molecule has 0 bridgehead atoms. The van der Waals surface area contributed by atoms with Crippen LogP contribution in [0.1, 0.15) is 39.0 Å². The van der Waals surface area contributed by atoms with Gasteiger partial charge in [-0.15, -0.1) is 11.8 Å². The Bertz CT molecular complexity index is 410. The highest BCUT2D eigenvalue weighted by atomic mass is 32.2. The summed E-state index contributed by atoms with van der Waals surface area (Å²) in [5.74, 6) is 1.87. The molecular formula is C17H27NOS. The predicted octanol–water partition coefficient (Wildman–Crippen LogP) is 4.34. The third kappa shape index (κ3) is 4.16. The van der Waals surface area contributed by atoms with E-state index in [1.807, 2.05) is 17.8 Å². The molecule has 1 aromatic rings. The van der Waals surface area contributed by atoms with Gasteiger partial charge in [-0.05, 0) is 50.4 Å². The zero-order valence-corrected chi connectivity index (χ0v) is 13.7. The Kier molecular flexibility index (Phi) is 6.24. The number of methoxy groups -OCH3 is 1. The second kappa shape index (κ2) is 7.94. The molecule has 0 spiro atoms. The van der Waals surface area contributed by atoms with Crippen molar-refractivity contribution in [3.63, 3.8) is 0 Å². The number of thioether (sulfide) groups is 1. The fourth-order valence-corrected chi connectivity index (χ4v) is 4.69. The topological polar surface area (TPSA) is 21.3 Å². The molecule has 1 N–H and O–H groups in total. The fourth-order valence-electron chi connectivity index (χ4n) is 3.19. The standard InChI is InChI=1S/C17H27NOS/c1-4-6-13-9-10-16(18-2)17(11-13)20-15-8-5-7-14(12-15)19-3/h5,7-8,12-13,16-18H,4,6,9-11H2,1-3H3. The molecule has 0 radical (unpaired) electrons. The molecule has 112 valence electrons. The van der Waals surface area contributed by atoms with Crippen molar-refractivity contribution in [2.45, 2.75) is 55.2 Å². The molecule has 0 saturated heterocycles. The van der Waals surface area contributed by atoms with E-state index in [0.29, 0.717) is 11.3 Å². The molecule has 1 saturated carbocycles. The number of hydrogen-bond donors (Lipinski definition) is 1. The van der Waals surface area contributed by atoms with Crippen LogP contribution in [0.4, 0.5) is 0 Å². The van der Waals surface area contributed by atoms with Gasteiger partial charge in [0.1, 0.15) is 5.75 Å². The Hall–Kier alpha value is -0.670. The molecule has 1 fully saturated rings. The summed E-state index contributed by atoms with van der Waals surface area (Å²) >= 11 is 2.01. The van der Waals surface area contributed by atoms with Crippen LogP contribution in [0.3, 0.4) is 0 Å². The van der Waals surface area contributed by atoms with E-state index in [0.717, 1.165) is 11.7 Å². The normalized spacial score (nSPS) is 26.4.